The van der Waals surface area contributed by atoms with Crippen LogP contribution in [-0.4, -0.2) is 52.1 Å². The molecule has 1 aromatic rings. The van der Waals surface area contributed by atoms with Crippen LogP contribution in [0.3, 0.4) is 0 Å². The number of rotatable bonds is 12. The van der Waals surface area contributed by atoms with Gasteiger partial charge in [-0.15, -0.1) is 0 Å². The van der Waals surface area contributed by atoms with Gasteiger partial charge in [-0.1, -0.05) is 12.1 Å². The maximum atomic E-state index is 5.65. The lowest BCUT2D eigenvalue weighted by Crippen LogP contribution is -2.38. The van der Waals surface area contributed by atoms with Crippen molar-refractivity contribution < 1.29 is 14.2 Å². The molecule has 0 aromatic heterocycles. The molecule has 0 amide bonds. The Labute approximate surface area is 152 Å². The Hall–Kier alpha value is -1.79. The largest absolute Gasteiger partial charge is 0.491 e. The molecular weight excluding hydrogens is 318 g/mol. The van der Waals surface area contributed by atoms with Crippen LogP contribution in [0.4, 0.5) is 0 Å². The minimum Gasteiger partial charge on any atom is -0.491 e. The third kappa shape index (κ3) is 10.6. The van der Waals surface area contributed by atoms with Gasteiger partial charge >= 0.3 is 0 Å². The molecule has 0 spiro atoms. The van der Waals surface area contributed by atoms with Crippen molar-refractivity contribution in [3.8, 4) is 5.75 Å². The van der Waals surface area contributed by atoms with E-state index >= 15 is 0 Å². The molecule has 0 heterocycles. The van der Waals surface area contributed by atoms with E-state index in [0.717, 1.165) is 36.8 Å². The Morgan fingerprint density at radius 2 is 1.84 bits per heavy atom. The highest BCUT2D eigenvalue weighted by atomic mass is 16.5. The molecule has 6 nitrogen and oxygen atoms in total. The standard InChI is InChI=1S/C19H33N3O3/c1-5-20-19(21-11-6-12-24-14-13-23-4)22-15-17-7-9-18(10-8-17)25-16(2)3/h7-10,16H,5-6,11-15H2,1-4H3,(H2,20,21,22). The lowest BCUT2D eigenvalue weighted by atomic mass is 10.2. The SMILES string of the molecule is CCNC(=NCc1ccc(OC(C)C)cc1)NCCCOCCOC. The van der Waals surface area contributed by atoms with Gasteiger partial charge in [-0.25, -0.2) is 4.99 Å². The predicted molar refractivity (Wildman–Crippen MR) is 102 cm³/mol. The first-order chi connectivity index (χ1) is 12.2. The van der Waals surface area contributed by atoms with Crippen LogP contribution in [0.15, 0.2) is 29.3 Å². The molecule has 0 radical (unpaired) electrons. The van der Waals surface area contributed by atoms with Gasteiger partial charge in [0.25, 0.3) is 0 Å². The number of nitrogens with zero attached hydrogens (tertiary/aromatic N) is 1. The van der Waals surface area contributed by atoms with E-state index in [1.165, 1.54) is 0 Å². The zero-order valence-electron chi connectivity index (χ0n) is 16.0. The van der Waals surface area contributed by atoms with Gasteiger partial charge in [0.15, 0.2) is 5.96 Å². The average Bonchev–Trinajstić information content (AvgIpc) is 2.59. The van der Waals surface area contributed by atoms with E-state index in [9.17, 15) is 0 Å². The molecule has 0 bridgehead atoms. The first kappa shape index (κ1) is 21.3. The first-order valence-electron chi connectivity index (χ1n) is 9.00. The van der Waals surface area contributed by atoms with Gasteiger partial charge in [0.05, 0.1) is 25.9 Å². The van der Waals surface area contributed by atoms with Gasteiger partial charge in [-0.3, -0.25) is 0 Å². The summed E-state index contributed by atoms with van der Waals surface area (Å²) < 4.78 is 16.0. The average molecular weight is 351 g/mol. The highest BCUT2D eigenvalue weighted by Gasteiger charge is 2.00. The molecule has 0 saturated carbocycles. The molecule has 1 rings (SSSR count). The molecule has 0 aliphatic rings. The first-order valence-corrected chi connectivity index (χ1v) is 9.00. The summed E-state index contributed by atoms with van der Waals surface area (Å²) in [5.41, 5.74) is 1.15. The molecule has 25 heavy (non-hydrogen) atoms. The number of hydrogen-bond donors (Lipinski definition) is 2. The molecule has 0 aliphatic heterocycles. The fraction of sp³-hybridized carbons (Fsp3) is 0.632. The summed E-state index contributed by atoms with van der Waals surface area (Å²) in [6.45, 7) is 10.4. The number of aliphatic imine (C=N–C) groups is 1. The van der Waals surface area contributed by atoms with E-state index in [1.807, 2.05) is 26.0 Å². The Morgan fingerprint density at radius 1 is 1.08 bits per heavy atom. The summed E-state index contributed by atoms with van der Waals surface area (Å²) in [4.78, 5) is 4.61. The monoisotopic (exact) mass is 351 g/mol. The topological polar surface area (TPSA) is 64.1 Å². The highest BCUT2D eigenvalue weighted by Crippen LogP contribution is 2.14. The number of methoxy groups -OCH3 is 1. The summed E-state index contributed by atoms with van der Waals surface area (Å²) in [6, 6.07) is 8.08. The van der Waals surface area contributed by atoms with E-state index in [1.54, 1.807) is 7.11 Å². The Kier molecular flexibility index (Phi) is 11.5. The summed E-state index contributed by atoms with van der Waals surface area (Å²) in [5.74, 6) is 1.71. The van der Waals surface area contributed by atoms with Crippen molar-refractivity contribution in [2.75, 3.05) is 40.0 Å². The Balaban J connectivity index is 2.36. The molecule has 1 aromatic carbocycles. The fourth-order valence-corrected chi connectivity index (χ4v) is 2.08. The molecule has 0 fully saturated rings. The molecule has 0 unspecified atom stereocenters. The normalized spacial score (nSPS) is 11.6. The van der Waals surface area contributed by atoms with Crippen molar-refractivity contribution >= 4 is 5.96 Å². The molecular formula is C19H33N3O3. The second kappa shape index (κ2) is 13.5. The molecule has 2 N–H and O–H groups in total. The number of nitrogens with one attached hydrogen (secondary N) is 2. The summed E-state index contributed by atoms with van der Waals surface area (Å²) in [6.07, 6.45) is 1.11. The number of ether oxygens (including phenoxy) is 3. The van der Waals surface area contributed by atoms with Crippen molar-refractivity contribution in [3.63, 3.8) is 0 Å². The van der Waals surface area contributed by atoms with Crippen LogP contribution in [0.2, 0.25) is 0 Å². The summed E-state index contributed by atoms with van der Waals surface area (Å²) in [7, 11) is 1.68. The van der Waals surface area contributed by atoms with Gasteiger partial charge in [-0.2, -0.15) is 0 Å². The lowest BCUT2D eigenvalue weighted by molar-refractivity contribution is 0.0698. The van der Waals surface area contributed by atoms with E-state index < -0.39 is 0 Å². The smallest absolute Gasteiger partial charge is 0.191 e. The van der Waals surface area contributed by atoms with Crippen molar-refractivity contribution in [1.82, 2.24) is 10.6 Å². The van der Waals surface area contributed by atoms with E-state index in [-0.39, 0.29) is 6.10 Å². The van der Waals surface area contributed by atoms with Crippen molar-refractivity contribution in [1.29, 1.82) is 0 Å². The minimum absolute atomic E-state index is 0.187. The van der Waals surface area contributed by atoms with Gasteiger partial charge in [0.2, 0.25) is 0 Å². The van der Waals surface area contributed by atoms with E-state index in [0.29, 0.717) is 26.4 Å². The maximum absolute atomic E-state index is 5.65. The van der Waals surface area contributed by atoms with E-state index in [4.69, 9.17) is 14.2 Å². The maximum Gasteiger partial charge on any atom is 0.191 e. The molecule has 6 heteroatoms. The van der Waals surface area contributed by atoms with Crippen molar-refractivity contribution in [2.24, 2.45) is 4.99 Å². The molecule has 142 valence electrons. The van der Waals surface area contributed by atoms with Gasteiger partial charge in [-0.05, 0) is 44.9 Å². The third-order valence-corrected chi connectivity index (χ3v) is 3.25. The molecule has 0 atom stereocenters. The Morgan fingerprint density at radius 3 is 2.48 bits per heavy atom. The zero-order valence-corrected chi connectivity index (χ0v) is 16.0. The van der Waals surface area contributed by atoms with Gasteiger partial charge in [0.1, 0.15) is 5.75 Å². The lowest BCUT2D eigenvalue weighted by Gasteiger charge is -2.12. The van der Waals surface area contributed by atoms with E-state index in [2.05, 4.69) is 34.7 Å². The quantitative estimate of drug-likeness (QED) is 0.344. The van der Waals surface area contributed by atoms with Crippen LogP contribution in [0.5, 0.6) is 5.75 Å². The number of benzene rings is 1. The number of guanidine groups is 1. The minimum atomic E-state index is 0.187. The molecule has 0 aliphatic carbocycles. The van der Waals surface area contributed by atoms with Crippen LogP contribution in [0.1, 0.15) is 32.8 Å². The third-order valence-electron chi connectivity index (χ3n) is 3.25. The van der Waals surface area contributed by atoms with Crippen LogP contribution >= 0.6 is 0 Å². The van der Waals surface area contributed by atoms with Crippen LogP contribution < -0.4 is 15.4 Å². The predicted octanol–water partition coefficient (Wildman–Crippen LogP) is 2.58. The Bertz CT molecular complexity index is 475. The van der Waals surface area contributed by atoms with Crippen molar-refractivity contribution in [2.45, 2.75) is 39.8 Å². The summed E-state index contributed by atoms with van der Waals surface area (Å²) in [5, 5.41) is 6.58. The van der Waals surface area contributed by atoms with Crippen molar-refractivity contribution in [3.05, 3.63) is 29.8 Å². The number of hydrogen-bond acceptors (Lipinski definition) is 4. The fourth-order valence-electron chi connectivity index (χ4n) is 2.08. The van der Waals surface area contributed by atoms with Crippen LogP contribution in [0.25, 0.3) is 0 Å². The van der Waals surface area contributed by atoms with Gasteiger partial charge < -0.3 is 24.8 Å². The van der Waals surface area contributed by atoms with Gasteiger partial charge in [0, 0.05) is 26.8 Å². The summed E-state index contributed by atoms with van der Waals surface area (Å²) >= 11 is 0. The second-order valence-electron chi connectivity index (χ2n) is 5.89. The highest BCUT2D eigenvalue weighted by molar-refractivity contribution is 5.79. The second-order valence-corrected chi connectivity index (χ2v) is 5.89. The van der Waals surface area contributed by atoms with Crippen LogP contribution in [-0.2, 0) is 16.0 Å². The van der Waals surface area contributed by atoms with Crippen LogP contribution in [0, 0.1) is 0 Å². The molecule has 0 saturated heterocycles. The zero-order chi connectivity index (χ0) is 18.3.